The summed E-state index contributed by atoms with van der Waals surface area (Å²) in [4.78, 5) is 12.0. The molecule has 7 rings (SSSR count). The van der Waals surface area contributed by atoms with Crippen molar-refractivity contribution in [1.29, 1.82) is 0 Å². The van der Waals surface area contributed by atoms with Gasteiger partial charge in [0.2, 0.25) is 0 Å². The van der Waals surface area contributed by atoms with Gasteiger partial charge in [-0.3, -0.25) is 4.55 Å². The molecular weight excluding hydrogens is 744 g/mol. The van der Waals surface area contributed by atoms with Gasteiger partial charge in [-0.15, -0.1) is 0 Å². The lowest BCUT2D eigenvalue weighted by Gasteiger charge is -2.59. The van der Waals surface area contributed by atoms with Crippen LogP contribution in [0.4, 0.5) is 0 Å². The van der Waals surface area contributed by atoms with Crippen LogP contribution in [0.1, 0.15) is 86.0 Å². The van der Waals surface area contributed by atoms with E-state index in [1.54, 1.807) is 0 Å². The molecule has 0 amide bonds. The fourth-order valence-corrected chi connectivity index (χ4v) is 12.4. The van der Waals surface area contributed by atoms with Crippen molar-refractivity contribution >= 4 is 16.4 Å². The second-order valence-electron chi connectivity index (χ2n) is 18.3. The van der Waals surface area contributed by atoms with E-state index in [-0.39, 0.29) is 29.8 Å². The van der Waals surface area contributed by atoms with Crippen molar-refractivity contribution in [1.82, 2.24) is 0 Å². The van der Waals surface area contributed by atoms with Crippen molar-refractivity contribution in [3.8, 4) is 0 Å². The molecule has 16 nitrogen and oxygen atoms in total. The zero-order valence-corrected chi connectivity index (χ0v) is 32.9. The molecule has 0 aromatic rings. The molecule has 0 bridgehead atoms. The molecular formula is C38H60O16S. The molecule has 3 aliphatic heterocycles. The van der Waals surface area contributed by atoms with E-state index in [2.05, 4.69) is 40.7 Å². The Hall–Kier alpha value is -1.32. The van der Waals surface area contributed by atoms with Gasteiger partial charge >= 0.3 is 16.4 Å². The van der Waals surface area contributed by atoms with E-state index in [1.165, 1.54) is 5.57 Å². The molecule has 20 atom stereocenters. The lowest BCUT2D eigenvalue weighted by molar-refractivity contribution is -0.359. The first kappa shape index (κ1) is 41.8. The Kier molecular flexibility index (Phi) is 11.7. The Bertz CT molecular complexity index is 1560. The monoisotopic (exact) mass is 804 g/mol. The van der Waals surface area contributed by atoms with Gasteiger partial charge in [0.05, 0.1) is 31.0 Å². The number of aliphatic hydroxyl groups is 5. The number of fused-ring (bicyclic) bond motifs is 5. The summed E-state index contributed by atoms with van der Waals surface area (Å²) in [6, 6.07) is 0. The number of aliphatic hydroxyl groups excluding tert-OH is 5. The normalized spacial score (nSPS) is 50.4. The fraction of sp³-hybridized carbons (Fsp3) is 0.921. The molecule has 3 saturated heterocycles. The van der Waals surface area contributed by atoms with Crippen LogP contribution >= 0.6 is 0 Å². The van der Waals surface area contributed by atoms with E-state index in [1.807, 2.05) is 0 Å². The average molecular weight is 805 g/mol. The predicted octanol–water partition coefficient (Wildman–Crippen LogP) is 1.55. The van der Waals surface area contributed by atoms with Crippen LogP contribution in [0.25, 0.3) is 0 Å². The summed E-state index contributed by atoms with van der Waals surface area (Å²) in [5.41, 5.74) is 0.730. The highest BCUT2D eigenvalue weighted by Crippen LogP contribution is 2.67. The van der Waals surface area contributed by atoms with Crippen molar-refractivity contribution in [3.63, 3.8) is 0 Å². The van der Waals surface area contributed by atoms with E-state index in [0.717, 1.165) is 25.7 Å². The maximum Gasteiger partial charge on any atom is 0.397 e. The van der Waals surface area contributed by atoms with Crippen LogP contribution in [0.15, 0.2) is 11.6 Å². The van der Waals surface area contributed by atoms with Gasteiger partial charge in [0.1, 0.15) is 36.6 Å². The number of carbonyl (C=O) groups is 1. The Balaban J connectivity index is 1.12. The summed E-state index contributed by atoms with van der Waals surface area (Å²) in [7, 11) is -4.86. The number of carboxylic acids is 1. The number of hydrogen-bond acceptors (Lipinski definition) is 14. The van der Waals surface area contributed by atoms with Crippen LogP contribution in [-0.2, 0) is 43.1 Å². The summed E-state index contributed by atoms with van der Waals surface area (Å²) >= 11 is 0. The zero-order chi connectivity index (χ0) is 39.9. The van der Waals surface area contributed by atoms with Gasteiger partial charge in [-0.2, -0.15) is 8.42 Å². The molecule has 0 spiro atoms. The highest BCUT2D eigenvalue weighted by atomic mass is 32.3. The third-order valence-corrected chi connectivity index (χ3v) is 15.1. The lowest BCUT2D eigenvalue weighted by Crippen LogP contribution is -2.64. The third kappa shape index (κ3) is 7.80. The molecule has 20 unspecified atom stereocenters. The summed E-state index contributed by atoms with van der Waals surface area (Å²) in [5.74, 6) is -0.311. The van der Waals surface area contributed by atoms with Gasteiger partial charge in [-0.25, -0.2) is 8.98 Å². The fourth-order valence-electron chi connectivity index (χ4n) is 11.8. The van der Waals surface area contributed by atoms with Gasteiger partial charge in [0.25, 0.3) is 0 Å². The van der Waals surface area contributed by atoms with E-state index in [4.69, 9.17) is 27.9 Å². The first-order valence-electron chi connectivity index (χ1n) is 20.0. The van der Waals surface area contributed by atoms with E-state index < -0.39 is 102 Å². The Morgan fingerprint density at radius 1 is 0.927 bits per heavy atom. The number of aliphatic carboxylic acids is 1. The smallest absolute Gasteiger partial charge is 0.397 e. The largest absolute Gasteiger partial charge is 0.479 e. The van der Waals surface area contributed by atoms with Gasteiger partial charge in [0, 0.05) is 0 Å². The highest BCUT2D eigenvalue weighted by molar-refractivity contribution is 7.80. The zero-order valence-electron chi connectivity index (χ0n) is 32.1. The summed E-state index contributed by atoms with van der Waals surface area (Å²) in [6.07, 6.45) is -8.57. The molecule has 0 aromatic carbocycles. The number of carboxylic acid groups (broad SMARTS) is 1. The SMILES string of the molecule is CC(C)CC1OC1C(C)C1CCC2C3CC(OS(=O)(=O)O)C4CC(OC5OC(C(=O)O)C(O)C(O)C5OC5OCC(O)C(O)C5O)CCC4(C)C3=CCC21C. The van der Waals surface area contributed by atoms with Crippen LogP contribution < -0.4 is 0 Å². The Morgan fingerprint density at radius 3 is 2.33 bits per heavy atom. The molecule has 55 heavy (non-hydrogen) atoms. The molecule has 6 fully saturated rings. The molecule has 0 aromatic heterocycles. The highest BCUT2D eigenvalue weighted by Gasteiger charge is 2.63. The first-order chi connectivity index (χ1) is 25.7. The number of allylic oxidation sites excluding steroid dienone is 2. The van der Waals surface area contributed by atoms with Crippen molar-refractivity contribution in [3.05, 3.63) is 11.6 Å². The minimum Gasteiger partial charge on any atom is -0.479 e. The summed E-state index contributed by atoms with van der Waals surface area (Å²) in [5, 5.41) is 62.1. The standard InChI is InChI=1S/C38H60O16S/c1-16(2)12-26-31(51-26)17(3)20-6-7-21-19-14-25(54-55(46,47)48)23-13-18(8-10-38(23,5)22(19)9-11-37(20,21)4)50-36-33(29(42)28(41)32(52-36)34(44)45)53-35-30(43)27(40)24(39)15-49-35/h9,16-21,23-33,35-36,39-43H,6-8,10-15H2,1-5H3,(H,44,45)(H,46,47,48). The van der Waals surface area contributed by atoms with Gasteiger partial charge in [0.15, 0.2) is 18.7 Å². The molecule has 7 N–H and O–H groups in total. The first-order valence-corrected chi connectivity index (χ1v) is 21.3. The van der Waals surface area contributed by atoms with Gasteiger partial charge in [-0.1, -0.05) is 46.3 Å². The van der Waals surface area contributed by atoms with Crippen molar-refractivity contribution in [2.45, 2.75) is 166 Å². The van der Waals surface area contributed by atoms with Crippen LogP contribution in [0, 0.1) is 46.3 Å². The minimum absolute atomic E-state index is 0.0166. The molecule has 7 aliphatic rings. The van der Waals surface area contributed by atoms with E-state index >= 15 is 0 Å². The quantitative estimate of drug-likeness (QED) is 0.0677. The number of ether oxygens (including phenoxy) is 5. The Labute approximate surface area is 322 Å². The second kappa shape index (κ2) is 15.4. The molecule has 17 heteroatoms. The van der Waals surface area contributed by atoms with Gasteiger partial charge in [-0.05, 0) is 97.7 Å². The minimum atomic E-state index is -4.86. The maximum atomic E-state index is 12.4. The topological polar surface area (TPSA) is 251 Å². The van der Waals surface area contributed by atoms with E-state index in [0.29, 0.717) is 43.1 Å². The molecule has 4 aliphatic carbocycles. The number of rotatable bonds is 11. The van der Waals surface area contributed by atoms with Crippen LogP contribution in [-0.4, -0.2) is 136 Å². The van der Waals surface area contributed by atoms with Crippen LogP contribution in [0.5, 0.6) is 0 Å². The van der Waals surface area contributed by atoms with E-state index in [9.17, 15) is 48.4 Å². The maximum absolute atomic E-state index is 12.4. The van der Waals surface area contributed by atoms with Crippen LogP contribution in [0.2, 0.25) is 0 Å². The Morgan fingerprint density at radius 2 is 1.65 bits per heavy atom. The van der Waals surface area contributed by atoms with Crippen LogP contribution in [0.3, 0.4) is 0 Å². The third-order valence-electron chi connectivity index (χ3n) is 14.6. The van der Waals surface area contributed by atoms with Crippen molar-refractivity contribution in [2.75, 3.05) is 6.61 Å². The summed E-state index contributed by atoms with van der Waals surface area (Å²) < 4.78 is 69.7. The number of hydrogen-bond donors (Lipinski definition) is 7. The molecule has 0 radical (unpaired) electrons. The number of epoxide rings is 1. The molecule has 3 saturated carbocycles. The van der Waals surface area contributed by atoms with Gasteiger partial charge < -0.3 is 54.3 Å². The lowest BCUT2D eigenvalue weighted by atomic mass is 9.47. The molecule has 3 heterocycles. The van der Waals surface area contributed by atoms with Crippen molar-refractivity contribution in [2.24, 2.45) is 46.3 Å². The average Bonchev–Trinajstić information content (AvgIpc) is 3.76. The predicted molar refractivity (Wildman–Crippen MR) is 190 cm³/mol. The molecule has 314 valence electrons. The van der Waals surface area contributed by atoms with Crippen molar-refractivity contribution < 1.29 is 76.3 Å². The summed E-state index contributed by atoms with van der Waals surface area (Å²) in [6.45, 7) is 10.8. The second-order valence-corrected chi connectivity index (χ2v) is 19.4.